The van der Waals surface area contributed by atoms with Crippen molar-refractivity contribution < 1.29 is 14.3 Å². The molecule has 2 amide bonds. The first-order valence-corrected chi connectivity index (χ1v) is 11.3. The highest BCUT2D eigenvalue weighted by molar-refractivity contribution is 5.95. The molecule has 2 aromatic carbocycles. The van der Waals surface area contributed by atoms with Crippen LogP contribution < -0.4 is 10.1 Å². The van der Waals surface area contributed by atoms with Crippen LogP contribution in [0.5, 0.6) is 11.8 Å². The van der Waals surface area contributed by atoms with Crippen molar-refractivity contribution in [3.63, 3.8) is 0 Å². The first-order valence-electron chi connectivity index (χ1n) is 11.3. The van der Waals surface area contributed by atoms with Crippen molar-refractivity contribution in [2.24, 2.45) is 0 Å². The van der Waals surface area contributed by atoms with Crippen molar-refractivity contribution in [1.29, 1.82) is 0 Å². The molecule has 2 aliphatic heterocycles. The fourth-order valence-corrected chi connectivity index (χ4v) is 5.00. The zero-order valence-corrected chi connectivity index (χ0v) is 18.3. The number of aromatic nitrogens is 2. The minimum absolute atomic E-state index is 0.0434. The van der Waals surface area contributed by atoms with Gasteiger partial charge in [-0.15, -0.1) is 0 Å². The molecular formula is C26H26N4O3. The molecule has 168 valence electrons. The van der Waals surface area contributed by atoms with Crippen molar-refractivity contribution >= 4 is 11.8 Å². The van der Waals surface area contributed by atoms with Crippen LogP contribution >= 0.6 is 0 Å². The number of hydrogen-bond acceptors (Lipinski definition) is 5. The fraction of sp³-hybridized carbons (Fsp3) is 0.308. The standard InChI is InChI=1S/C26H26N4O3/c31-23-12-4-5-13-26(29-23)18-30(17-22(26)19-8-2-1-3-9-19)24(32)20-10-6-11-21(16-20)33-25-27-14-7-15-28-25/h1-3,6-11,14-16,22H,4-5,12-13,17-18H2,(H,29,31)/t22-,26+/m0/s1. The third-order valence-corrected chi connectivity index (χ3v) is 6.53. The second kappa shape index (κ2) is 9.02. The van der Waals surface area contributed by atoms with E-state index in [-0.39, 0.29) is 23.7 Å². The molecule has 1 aromatic heterocycles. The summed E-state index contributed by atoms with van der Waals surface area (Å²) < 4.78 is 5.71. The highest BCUT2D eigenvalue weighted by Gasteiger charge is 2.49. The van der Waals surface area contributed by atoms with Crippen LogP contribution in [0.1, 0.15) is 47.5 Å². The molecule has 1 spiro atoms. The molecule has 2 saturated heterocycles. The molecular weight excluding hydrogens is 416 g/mol. The smallest absolute Gasteiger partial charge is 0.321 e. The van der Waals surface area contributed by atoms with Crippen molar-refractivity contribution in [2.75, 3.05) is 13.1 Å². The van der Waals surface area contributed by atoms with Crippen LogP contribution in [0.2, 0.25) is 0 Å². The summed E-state index contributed by atoms with van der Waals surface area (Å²) in [6.07, 6.45) is 6.45. The Morgan fingerprint density at radius 3 is 2.67 bits per heavy atom. The molecule has 2 aliphatic rings. The van der Waals surface area contributed by atoms with E-state index in [9.17, 15) is 9.59 Å². The van der Waals surface area contributed by atoms with E-state index in [4.69, 9.17) is 4.74 Å². The molecule has 33 heavy (non-hydrogen) atoms. The highest BCUT2D eigenvalue weighted by Crippen LogP contribution is 2.41. The Hall–Kier alpha value is -3.74. The summed E-state index contributed by atoms with van der Waals surface area (Å²) in [5.41, 5.74) is 1.23. The molecule has 1 N–H and O–H groups in total. The first kappa shape index (κ1) is 21.1. The maximum Gasteiger partial charge on any atom is 0.321 e. The zero-order valence-electron chi connectivity index (χ0n) is 18.3. The van der Waals surface area contributed by atoms with Crippen LogP contribution in [0, 0.1) is 0 Å². The molecule has 2 atom stereocenters. The molecule has 0 unspecified atom stereocenters. The van der Waals surface area contributed by atoms with Crippen molar-refractivity contribution in [3.8, 4) is 11.8 Å². The summed E-state index contributed by atoms with van der Waals surface area (Å²) in [5, 5.41) is 3.31. The van der Waals surface area contributed by atoms with Gasteiger partial charge in [0.1, 0.15) is 5.75 Å². The predicted octanol–water partition coefficient (Wildman–Crippen LogP) is 3.94. The van der Waals surface area contributed by atoms with E-state index in [1.807, 2.05) is 23.1 Å². The maximum absolute atomic E-state index is 13.5. The second-order valence-electron chi connectivity index (χ2n) is 8.72. The van der Waals surface area contributed by atoms with Gasteiger partial charge in [0.05, 0.1) is 5.54 Å². The quantitative estimate of drug-likeness (QED) is 0.662. The molecule has 7 nitrogen and oxygen atoms in total. The Balaban J connectivity index is 1.42. The average molecular weight is 443 g/mol. The number of nitrogens with zero attached hydrogens (tertiary/aromatic N) is 3. The topological polar surface area (TPSA) is 84.4 Å². The van der Waals surface area contributed by atoms with E-state index in [1.165, 1.54) is 0 Å². The van der Waals surface area contributed by atoms with Crippen LogP contribution in [0.3, 0.4) is 0 Å². The Kier molecular flexibility index (Phi) is 5.77. The van der Waals surface area contributed by atoms with Crippen LogP contribution in [0.25, 0.3) is 0 Å². The van der Waals surface area contributed by atoms with Crippen LogP contribution in [0.4, 0.5) is 0 Å². The van der Waals surface area contributed by atoms with Crippen LogP contribution in [-0.2, 0) is 4.79 Å². The van der Waals surface area contributed by atoms with Gasteiger partial charge in [0, 0.05) is 43.4 Å². The van der Waals surface area contributed by atoms with Crippen molar-refractivity contribution in [3.05, 3.63) is 84.2 Å². The average Bonchev–Trinajstić information content (AvgIpc) is 3.10. The number of carbonyl (C=O) groups excluding carboxylic acids is 2. The minimum atomic E-state index is -0.448. The van der Waals surface area contributed by atoms with E-state index >= 15 is 0 Å². The summed E-state index contributed by atoms with van der Waals surface area (Å²) in [5.74, 6) is 0.539. The molecule has 0 bridgehead atoms. The Labute approximate surface area is 192 Å². The number of rotatable bonds is 4. The van der Waals surface area contributed by atoms with Gasteiger partial charge in [0.25, 0.3) is 5.91 Å². The van der Waals surface area contributed by atoms with Crippen LogP contribution in [0.15, 0.2) is 73.1 Å². The van der Waals surface area contributed by atoms with E-state index < -0.39 is 5.54 Å². The van der Waals surface area contributed by atoms with Gasteiger partial charge in [0.2, 0.25) is 5.91 Å². The molecule has 2 fully saturated rings. The number of benzene rings is 2. The van der Waals surface area contributed by atoms with E-state index in [0.717, 1.165) is 24.8 Å². The number of nitrogens with one attached hydrogen (secondary N) is 1. The van der Waals surface area contributed by atoms with Gasteiger partial charge in [-0.25, -0.2) is 9.97 Å². The summed E-state index contributed by atoms with van der Waals surface area (Å²) in [4.78, 5) is 36.1. The molecule has 0 aliphatic carbocycles. The van der Waals surface area contributed by atoms with E-state index in [1.54, 1.807) is 42.7 Å². The molecule has 3 aromatic rings. The van der Waals surface area contributed by atoms with E-state index in [0.29, 0.717) is 30.8 Å². The predicted molar refractivity (Wildman–Crippen MR) is 123 cm³/mol. The third-order valence-electron chi connectivity index (χ3n) is 6.53. The monoisotopic (exact) mass is 442 g/mol. The third kappa shape index (κ3) is 4.44. The molecule has 5 rings (SSSR count). The van der Waals surface area contributed by atoms with Gasteiger partial charge in [0.15, 0.2) is 0 Å². The largest absolute Gasteiger partial charge is 0.424 e. The van der Waals surface area contributed by atoms with Crippen molar-refractivity contribution in [1.82, 2.24) is 20.2 Å². The molecule has 3 heterocycles. The van der Waals surface area contributed by atoms with Gasteiger partial charge < -0.3 is 15.0 Å². The lowest BCUT2D eigenvalue weighted by Crippen LogP contribution is -2.52. The number of carbonyl (C=O) groups is 2. The number of likely N-dealkylation sites (tertiary alicyclic amines) is 1. The zero-order chi connectivity index (χ0) is 22.7. The van der Waals surface area contributed by atoms with Gasteiger partial charge >= 0.3 is 6.01 Å². The number of amides is 2. The van der Waals surface area contributed by atoms with Gasteiger partial charge in [-0.3, -0.25) is 9.59 Å². The van der Waals surface area contributed by atoms with Gasteiger partial charge in [-0.1, -0.05) is 42.8 Å². The summed E-state index contributed by atoms with van der Waals surface area (Å²) in [6, 6.07) is 19.2. The lowest BCUT2D eigenvalue weighted by atomic mass is 9.79. The summed E-state index contributed by atoms with van der Waals surface area (Å²) in [7, 11) is 0. The molecule has 0 radical (unpaired) electrons. The highest BCUT2D eigenvalue weighted by atomic mass is 16.5. The van der Waals surface area contributed by atoms with Crippen molar-refractivity contribution in [2.45, 2.75) is 37.1 Å². The lowest BCUT2D eigenvalue weighted by Gasteiger charge is -2.34. The molecule has 0 saturated carbocycles. The SMILES string of the molecule is O=C1CCCC[C@]2(CN(C(=O)c3cccc(Oc4ncccn4)c3)C[C@H]2c2ccccc2)N1. The summed E-state index contributed by atoms with van der Waals surface area (Å²) in [6.45, 7) is 1.04. The van der Waals surface area contributed by atoms with Gasteiger partial charge in [-0.05, 0) is 42.7 Å². The normalized spacial score (nSPS) is 22.6. The Morgan fingerprint density at radius 2 is 1.85 bits per heavy atom. The maximum atomic E-state index is 13.5. The lowest BCUT2D eigenvalue weighted by molar-refractivity contribution is -0.122. The molecule has 7 heteroatoms. The first-order chi connectivity index (χ1) is 16.1. The fourth-order valence-electron chi connectivity index (χ4n) is 5.00. The van der Waals surface area contributed by atoms with Gasteiger partial charge in [-0.2, -0.15) is 0 Å². The number of ether oxygens (including phenoxy) is 1. The Bertz CT molecular complexity index is 1140. The second-order valence-corrected chi connectivity index (χ2v) is 8.72. The number of hydrogen-bond donors (Lipinski definition) is 1. The van der Waals surface area contributed by atoms with E-state index in [2.05, 4.69) is 27.4 Å². The van der Waals surface area contributed by atoms with Crippen LogP contribution in [-0.4, -0.2) is 45.3 Å². The Morgan fingerprint density at radius 1 is 1.03 bits per heavy atom. The summed E-state index contributed by atoms with van der Waals surface area (Å²) >= 11 is 0. The minimum Gasteiger partial charge on any atom is -0.424 e.